The van der Waals surface area contributed by atoms with E-state index in [-0.39, 0.29) is 0 Å². The molecule has 4 nitrogen and oxygen atoms in total. The molecule has 0 fully saturated rings. The standard InChI is InChI=1S/C3H5NO3S/c1-3(2-4)7-8(5)6/h3,8H,1H3. The summed E-state index contributed by atoms with van der Waals surface area (Å²) in [5, 5.41) is 7.94. The summed E-state index contributed by atoms with van der Waals surface area (Å²) in [7, 11) is -2.87. The molecule has 0 rings (SSSR count). The van der Waals surface area contributed by atoms with Gasteiger partial charge in [-0.25, -0.2) is 8.42 Å². The highest BCUT2D eigenvalue weighted by atomic mass is 32.2. The summed E-state index contributed by atoms with van der Waals surface area (Å²) in [6.07, 6.45) is -0.865. The van der Waals surface area contributed by atoms with Crippen LogP contribution < -0.4 is 0 Å². The van der Waals surface area contributed by atoms with Gasteiger partial charge in [0.1, 0.15) is 0 Å². The van der Waals surface area contributed by atoms with E-state index < -0.39 is 17.1 Å². The van der Waals surface area contributed by atoms with Crippen molar-refractivity contribution in [1.82, 2.24) is 0 Å². The van der Waals surface area contributed by atoms with Crippen LogP contribution in [0.1, 0.15) is 6.92 Å². The number of hydrogen-bond acceptors (Lipinski definition) is 4. The molecule has 0 aromatic rings. The minimum absolute atomic E-state index is 0.865. The Kier molecular flexibility index (Phi) is 3.15. The average Bonchev–Trinajstić information content (AvgIpc) is 1.65. The maximum absolute atomic E-state index is 9.63. The molecular formula is C3H5NO3S. The molecule has 0 spiro atoms. The first kappa shape index (κ1) is 7.40. The second-order valence-electron chi connectivity index (χ2n) is 1.10. The van der Waals surface area contributed by atoms with Gasteiger partial charge in [0.15, 0.2) is 6.10 Å². The highest BCUT2D eigenvalue weighted by Crippen LogP contribution is 1.84. The summed E-state index contributed by atoms with van der Waals surface area (Å²) < 4.78 is 23.3. The van der Waals surface area contributed by atoms with Gasteiger partial charge in [0.25, 0.3) is 11.0 Å². The smallest absolute Gasteiger partial charge is 0.254 e. The summed E-state index contributed by atoms with van der Waals surface area (Å²) in [4.78, 5) is 0. The van der Waals surface area contributed by atoms with E-state index in [1.54, 1.807) is 6.07 Å². The highest BCUT2D eigenvalue weighted by molar-refractivity contribution is 7.67. The number of thiol groups is 1. The molecule has 0 heterocycles. The van der Waals surface area contributed by atoms with Crippen molar-refractivity contribution in [2.75, 3.05) is 0 Å². The molecule has 1 unspecified atom stereocenters. The first-order chi connectivity index (χ1) is 3.66. The summed E-state index contributed by atoms with van der Waals surface area (Å²) in [6.45, 7) is 1.35. The van der Waals surface area contributed by atoms with Crippen LogP contribution in [-0.2, 0) is 15.2 Å². The molecule has 0 N–H and O–H groups in total. The molecule has 46 valence electrons. The lowest BCUT2D eigenvalue weighted by molar-refractivity contribution is 0.294. The third kappa shape index (κ3) is 3.59. The van der Waals surface area contributed by atoms with Crippen molar-refractivity contribution >= 4 is 11.0 Å². The van der Waals surface area contributed by atoms with Crippen molar-refractivity contribution in [3.8, 4) is 6.07 Å². The average molecular weight is 135 g/mol. The van der Waals surface area contributed by atoms with E-state index in [0.29, 0.717) is 0 Å². The molecule has 0 bridgehead atoms. The minimum atomic E-state index is -2.87. The summed E-state index contributed by atoms with van der Waals surface area (Å²) in [5.41, 5.74) is 0. The largest absolute Gasteiger partial charge is 0.258 e. The second-order valence-corrected chi connectivity index (χ2v) is 1.76. The normalized spacial score (nSPS) is 13.1. The van der Waals surface area contributed by atoms with Gasteiger partial charge in [-0.2, -0.15) is 5.26 Å². The molecule has 0 saturated carbocycles. The number of rotatable bonds is 2. The third-order valence-electron chi connectivity index (χ3n) is 0.426. The fourth-order valence-electron chi connectivity index (χ4n) is 0.153. The van der Waals surface area contributed by atoms with Crippen LogP contribution >= 0.6 is 0 Å². The van der Waals surface area contributed by atoms with E-state index in [2.05, 4.69) is 4.18 Å². The zero-order valence-electron chi connectivity index (χ0n) is 4.20. The van der Waals surface area contributed by atoms with Gasteiger partial charge < -0.3 is 0 Å². The fourth-order valence-corrected chi connectivity index (χ4v) is 0.458. The lowest BCUT2D eigenvalue weighted by atomic mass is 10.5. The topological polar surface area (TPSA) is 67.2 Å². The minimum Gasteiger partial charge on any atom is -0.254 e. The molecule has 8 heavy (non-hydrogen) atoms. The Balaban J connectivity index is 3.60. The number of hydrogen-bond donors (Lipinski definition) is 1. The predicted octanol–water partition coefficient (Wildman–Crippen LogP) is -0.559. The first-order valence-corrected chi connectivity index (χ1v) is 2.97. The van der Waals surface area contributed by atoms with E-state index in [9.17, 15) is 8.42 Å². The summed E-state index contributed by atoms with van der Waals surface area (Å²) in [6, 6.07) is 1.59. The monoisotopic (exact) mass is 135 g/mol. The van der Waals surface area contributed by atoms with E-state index in [1.807, 2.05) is 0 Å². The molecule has 0 aliphatic rings. The third-order valence-corrected chi connectivity index (χ3v) is 0.914. The van der Waals surface area contributed by atoms with Crippen molar-refractivity contribution in [2.45, 2.75) is 13.0 Å². The van der Waals surface area contributed by atoms with Crippen molar-refractivity contribution in [3.05, 3.63) is 0 Å². The Morgan fingerprint density at radius 1 is 1.75 bits per heavy atom. The highest BCUT2D eigenvalue weighted by Gasteiger charge is 1.96. The molecule has 0 aliphatic heterocycles. The molecule has 1 atom stereocenters. The van der Waals surface area contributed by atoms with Gasteiger partial charge in [0.2, 0.25) is 0 Å². The van der Waals surface area contributed by atoms with Crippen LogP contribution in [0.2, 0.25) is 0 Å². The Labute approximate surface area is 48.8 Å². The van der Waals surface area contributed by atoms with Crippen molar-refractivity contribution < 1.29 is 12.6 Å². The maximum atomic E-state index is 9.63. The van der Waals surface area contributed by atoms with E-state index >= 15 is 0 Å². The number of nitriles is 1. The molecule has 0 aliphatic carbocycles. The van der Waals surface area contributed by atoms with E-state index in [4.69, 9.17) is 5.26 Å². The Morgan fingerprint density at radius 3 is 2.38 bits per heavy atom. The molecule has 5 heteroatoms. The fraction of sp³-hybridized carbons (Fsp3) is 0.667. The molecule has 0 saturated heterocycles. The maximum Gasteiger partial charge on any atom is 0.258 e. The lowest BCUT2D eigenvalue weighted by Gasteiger charge is -1.91. The van der Waals surface area contributed by atoms with Crippen LogP contribution in [0.5, 0.6) is 0 Å². The Hall–Kier alpha value is -0.600. The van der Waals surface area contributed by atoms with Crippen LogP contribution in [-0.4, -0.2) is 14.5 Å². The SMILES string of the molecule is CC(C#N)O[SH](=O)=O. The van der Waals surface area contributed by atoms with Gasteiger partial charge >= 0.3 is 0 Å². The van der Waals surface area contributed by atoms with Gasteiger partial charge in [0.05, 0.1) is 6.07 Å². The van der Waals surface area contributed by atoms with Crippen LogP contribution in [0, 0.1) is 11.3 Å². The second kappa shape index (κ2) is 3.41. The van der Waals surface area contributed by atoms with Crippen molar-refractivity contribution in [1.29, 1.82) is 5.26 Å². The quantitative estimate of drug-likeness (QED) is 0.515. The van der Waals surface area contributed by atoms with Crippen LogP contribution in [0.4, 0.5) is 0 Å². The van der Waals surface area contributed by atoms with E-state index in [0.717, 1.165) is 0 Å². The molecule has 0 aromatic heterocycles. The zero-order chi connectivity index (χ0) is 6.57. The van der Waals surface area contributed by atoms with Crippen LogP contribution in [0.3, 0.4) is 0 Å². The zero-order valence-corrected chi connectivity index (χ0v) is 5.09. The lowest BCUT2D eigenvalue weighted by Crippen LogP contribution is -2.01. The first-order valence-electron chi connectivity index (χ1n) is 1.87. The van der Waals surface area contributed by atoms with Crippen molar-refractivity contribution in [3.63, 3.8) is 0 Å². The molecule has 0 radical (unpaired) electrons. The molecular weight excluding hydrogens is 130 g/mol. The van der Waals surface area contributed by atoms with Crippen molar-refractivity contribution in [2.24, 2.45) is 0 Å². The van der Waals surface area contributed by atoms with Gasteiger partial charge in [-0.3, -0.25) is 4.18 Å². The van der Waals surface area contributed by atoms with Gasteiger partial charge in [-0.15, -0.1) is 0 Å². The Morgan fingerprint density at radius 2 is 2.25 bits per heavy atom. The van der Waals surface area contributed by atoms with Crippen LogP contribution in [0.25, 0.3) is 0 Å². The summed E-state index contributed by atoms with van der Waals surface area (Å²) >= 11 is 0. The van der Waals surface area contributed by atoms with Gasteiger partial charge in [-0.05, 0) is 6.92 Å². The Bertz CT molecular complexity index is 160. The van der Waals surface area contributed by atoms with E-state index in [1.165, 1.54) is 6.92 Å². The van der Waals surface area contributed by atoms with Gasteiger partial charge in [0, 0.05) is 0 Å². The molecule has 0 amide bonds. The van der Waals surface area contributed by atoms with Gasteiger partial charge in [-0.1, -0.05) is 0 Å². The van der Waals surface area contributed by atoms with Crippen LogP contribution in [0.15, 0.2) is 0 Å². The molecule has 0 aromatic carbocycles. The number of nitrogens with zero attached hydrogens (tertiary/aromatic N) is 1. The summed E-state index contributed by atoms with van der Waals surface area (Å²) in [5.74, 6) is 0. The predicted molar refractivity (Wildman–Crippen MR) is 26.5 cm³/mol.